The quantitative estimate of drug-likeness (QED) is 0.695. The van der Waals surface area contributed by atoms with Gasteiger partial charge in [-0.1, -0.05) is 35.9 Å². The summed E-state index contributed by atoms with van der Waals surface area (Å²) in [6, 6.07) is 2.46. The van der Waals surface area contributed by atoms with E-state index in [1.165, 1.54) is 30.0 Å². The molecule has 1 aliphatic heterocycles. The van der Waals surface area contributed by atoms with Crippen LogP contribution in [-0.4, -0.2) is 33.4 Å². The van der Waals surface area contributed by atoms with E-state index >= 15 is 0 Å². The number of halogens is 2. The molecule has 0 fully saturated rings. The number of fused-ring (bicyclic) bond motifs is 2. The largest absolute Gasteiger partial charge is 0.503 e. The van der Waals surface area contributed by atoms with Crippen molar-refractivity contribution in [3.8, 4) is 5.75 Å². The Labute approximate surface area is 181 Å². The van der Waals surface area contributed by atoms with Crippen LogP contribution in [0.3, 0.4) is 0 Å². The Bertz CT molecular complexity index is 1350. The second kappa shape index (κ2) is 7.12. The van der Waals surface area contributed by atoms with Gasteiger partial charge in [0, 0.05) is 30.8 Å². The fraction of sp³-hybridized carbons (Fsp3) is 0.208. The van der Waals surface area contributed by atoms with Crippen LogP contribution in [-0.2, 0) is 4.79 Å². The van der Waals surface area contributed by atoms with Gasteiger partial charge in [0.2, 0.25) is 5.43 Å². The van der Waals surface area contributed by atoms with Crippen LogP contribution in [0.4, 0.5) is 8.78 Å². The van der Waals surface area contributed by atoms with Gasteiger partial charge in [-0.15, -0.1) is 0 Å². The van der Waals surface area contributed by atoms with Gasteiger partial charge >= 0.3 is 0 Å². The highest BCUT2D eigenvalue weighted by Gasteiger charge is 2.45. The van der Waals surface area contributed by atoms with E-state index in [1.807, 2.05) is 12.2 Å². The average Bonchev–Trinajstić information content (AvgIpc) is 2.95. The summed E-state index contributed by atoms with van der Waals surface area (Å²) in [4.78, 5) is 39.1. The van der Waals surface area contributed by atoms with E-state index in [0.29, 0.717) is 18.4 Å². The second-order valence-corrected chi connectivity index (χ2v) is 8.03. The van der Waals surface area contributed by atoms with Crippen molar-refractivity contribution in [1.29, 1.82) is 0 Å². The maximum Gasteiger partial charge on any atom is 0.280 e. The summed E-state index contributed by atoms with van der Waals surface area (Å²) >= 11 is 0. The van der Waals surface area contributed by atoms with Gasteiger partial charge in [-0.25, -0.2) is 8.78 Å². The number of aromatic nitrogens is 1. The molecule has 1 N–H and O–H groups in total. The number of rotatable bonds is 1. The van der Waals surface area contributed by atoms with Gasteiger partial charge in [-0.2, -0.15) is 0 Å². The summed E-state index contributed by atoms with van der Waals surface area (Å²) in [5.41, 5.74) is 0.972. The van der Waals surface area contributed by atoms with Crippen LogP contribution in [0.5, 0.6) is 5.75 Å². The third kappa shape index (κ3) is 2.72. The number of carbonyl (C=O) groups is 2. The zero-order valence-electron chi connectivity index (χ0n) is 17.0. The number of amides is 2. The fourth-order valence-corrected chi connectivity index (χ4v) is 4.80. The number of imide groups is 1. The smallest absolute Gasteiger partial charge is 0.280 e. The Morgan fingerprint density at radius 2 is 1.84 bits per heavy atom. The first-order valence-electron chi connectivity index (χ1n) is 10.1. The first-order valence-corrected chi connectivity index (χ1v) is 10.1. The predicted octanol–water partition coefficient (Wildman–Crippen LogP) is 3.44. The normalized spacial score (nSPS) is 21.9. The van der Waals surface area contributed by atoms with E-state index in [0.717, 1.165) is 28.2 Å². The number of pyridine rings is 1. The third-order valence-corrected chi connectivity index (χ3v) is 6.36. The van der Waals surface area contributed by atoms with Crippen molar-refractivity contribution in [2.45, 2.75) is 24.8 Å². The maximum atomic E-state index is 14.8. The van der Waals surface area contributed by atoms with Crippen LogP contribution in [0, 0.1) is 11.6 Å². The van der Waals surface area contributed by atoms with Crippen LogP contribution in [0.2, 0.25) is 0 Å². The lowest BCUT2D eigenvalue weighted by atomic mass is 9.77. The molecule has 0 spiro atoms. The van der Waals surface area contributed by atoms with Crippen LogP contribution in [0.25, 0.3) is 6.08 Å². The molecule has 2 aliphatic carbocycles. The molecule has 1 unspecified atom stereocenters. The molecule has 3 aliphatic rings. The topological polar surface area (TPSA) is 79.6 Å². The van der Waals surface area contributed by atoms with Gasteiger partial charge in [0.15, 0.2) is 23.1 Å². The van der Waals surface area contributed by atoms with Gasteiger partial charge in [0.25, 0.3) is 11.8 Å². The minimum Gasteiger partial charge on any atom is -0.503 e. The van der Waals surface area contributed by atoms with E-state index in [9.17, 15) is 28.3 Å². The first-order chi connectivity index (χ1) is 15.3. The monoisotopic (exact) mass is 436 g/mol. The van der Waals surface area contributed by atoms with Crippen LogP contribution in [0.15, 0.2) is 58.6 Å². The molecule has 0 saturated heterocycles. The van der Waals surface area contributed by atoms with Crippen molar-refractivity contribution in [2.24, 2.45) is 0 Å². The number of likely N-dealkylation sites (N-methyl/N-ethyl adjacent to an activating group) is 1. The molecule has 2 aromatic rings. The Hall–Kier alpha value is -3.81. The highest BCUT2D eigenvalue weighted by molar-refractivity contribution is 6.09. The van der Waals surface area contributed by atoms with Crippen molar-refractivity contribution in [3.63, 3.8) is 0 Å². The molecule has 0 bridgehead atoms. The summed E-state index contributed by atoms with van der Waals surface area (Å²) in [6.07, 6.45) is 9.57. The Morgan fingerprint density at radius 3 is 2.62 bits per heavy atom. The molecule has 0 saturated carbocycles. The maximum absolute atomic E-state index is 14.8. The number of allylic oxidation sites excluding steroid dienone is 5. The molecule has 5 rings (SSSR count). The summed E-state index contributed by atoms with van der Waals surface area (Å²) in [6.45, 7) is 0. The lowest BCUT2D eigenvalue weighted by molar-refractivity contribution is -0.132. The summed E-state index contributed by atoms with van der Waals surface area (Å²) in [5.74, 6) is -4.92. The SMILES string of the molecule is CN1C(=O)c2c(O)c(=O)ccn2[C@@H](C2C3=C(C=CCC3)C=Cc3c2ccc(F)c3F)C1=O. The Kier molecular flexibility index (Phi) is 4.47. The third-order valence-electron chi connectivity index (χ3n) is 6.36. The standard InChI is InChI=1S/C24H18F2N2O4/c1-27-23(31)20(28-11-10-17(29)22(30)21(28)24(27)32)18-13-5-3-2-4-12(13)6-7-15-14(18)8-9-16(25)19(15)26/h2,4,6-11,18,20,30H,3,5H2,1H3/t18?,20-/m0/s1. The molecule has 1 aromatic carbocycles. The zero-order chi connectivity index (χ0) is 22.7. The molecule has 32 heavy (non-hydrogen) atoms. The number of aromatic hydroxyl groups is 1. The van der Waals surface area contributed by atoms with E-state index in [2.05, 4.69) is 0 Å². The van der Waals surface area contributed by atoms with Crippen molar-refractivity contribution in [1.82, 2.24) is 9.47 Å². The molecule has 2 heterocycles. The Balaban J connectivity index is 1.84. The van der Waals surface area contributed by atoms with Gasteiger partial charge in [-0.05, 0) is 30.0 Å². The van der Waals surface area contributed by atoms with Crippen LogP contribution < -0.4 is 5.43 Å². The minimum atomic E-state index is -1.08. The van der Waals surface area contributed by atoms with Gasteiger partial charge in [0.05, 0.1) is 0 Å². The van der Waals surface area contributed by atoms with Crippen molar-refractivity contribution in [2.75, 3.05) is 7.05 Å². The van der Waals surface area contributed by atoms with E-state index in [1.54, 1.807) is 6.08 Å². The molecule has 162 valence electrons. The predicted molar refractivity (Wildman–Crippen MR) is 112 cm³/mol. The van der Waals surface area contributed by atoms with Gasteiger partial charge in [0.1, 0.15) is 6.04 Å². The average molecular weight is 436 g/mol. The Morgan fingerprint density at radius 1 is 1.06 bits per heavy atom. The second-order valence-electron chi connectivity index (χ2n) is 8.03. The van der Waals surface area contributed by atoms with E-state index in [-0.39, 0.29) is 11.3 Å². The lowest BCUT2D eigenvalue weighted by Crippen LogP contribution is -2.48. The van der Waals surface area contributed by atoms with E-state index < -0.39 is 46.6 Å². The minimum absolute atomic E-state index is 0.0250. The van der Waals surface area contributed by atoms with Gasteiger partial charge < -0.3 is 9.67 Å². The van der Waals surface area contributed by atoms with Crippen molar-refractivity contribution in [3.05, 3.63) is 92.4 Å². The van der Waals surface area contributed by atoms with Gasteiger partial charge in [-0.3, -0.25) is 19.3 Å². The number of carbonyl (C=O) groups excluding carboxylic acids is 2. The number of benzene rings is 1. The molecular weight excluding hydrogens is 418 g/mol. The number of hydrogen-bond donors (Lipinski definition) is 1. The molecular formula is C24H18F2N2O4. The first kappa shape index (κ1) is 20.1. The lowest BCUT2D eigenvalue weighted by Gasteiger charge is -2.38. The van der Waals surface area contributed by atoms with E-state index in [4.69, 9.17) is 0 Å². The molecule has 1 aromatic heterocycles. The number of hydrogen-bond acceptors (Lipinski definition) is 4. The number of nitrogens with zero attached hydrogens (tertiary/aromatic N) is 2. The van der Waals surface area contributed by atoms with Crippen molar-refractivity contribution >= 4 is 17.9 Å². The highest BCUT2D eigenvalue weighted by atomic mass is 19.2. The molecule has 8 heteroatoms. The molecule has 0 radical (unpaired) electrons. The van der Waals surface area contributed by atoms with Crippen LogP contribution >= 0.6 is 0 Å². The summed E-state index contributed by atoms with van der Waals surface area (Å²) in [5, 5.41) is 10.4. The molecule has 2 atom stereocenters. The summed E-state index contributed by atoms with van der Waals surface area (Å²) in [7, 11) is 1.27. The fourth-order valence-electron chi connectivity index (χ4n) is 4.80. The molecule has 2 amide bonds. The summed E-state index contributed by atoms with van der Waals surface area (Å²) < 4.78 is 30.2. The van der Waals surface area contributed by atoms with Crippen LogP contribution in [0.1, 0.15) is 46.4 Å². The zero-order valence-corrected chi connectivity index (χ0v) is 17.0. The van der Waals surface area contributed by atoms with Crippen molar-refractivity contribution < 1.29 is 23.5 Å². The molecule has 6 nitrogen and oxygen atoms in total. The highest BCUT2D eigenvalue weighted by Crippen LogP contribution is 2.47.